The van der Waals surface area contributed by atoms with Crippen molar-refractivity contribution < 1.29 is 0 Å². The van der Waals surface area contributed by atoms with Gasteiger partial charge in [0, 0.05) is 44.6 Å². The molecule has 0 amide bonds. The highest BCUT2D eigenvalue weighted by Crippen LogP contribution is 2.38. The molecule has 250 valence electrons. The van der Waals surface area contributed by atoms with E-state index in [2.05, 4.69) is 186 Å². The van der Waals surface area contributed by atoms with E-state index in [0.717, 1.165) is 51.2 Å². The number of para-hydroxylation sites is 3. The van der Waals surface area contributed by atoms with E-state index in [1.54, 1.807) is 0 Å². The molecule has 9 aromatic rings. The first kappa shape index (κ1) is 31.3. The van der Waals surface area contributed by atoms with E-state index in [-0.39, 0.29) is 0 Å². The number of aryl methyl sites for hydroxylation is 3. The van der Waals surface area contributed by atoms with Gasteiger partial charge in [-0.3, -0.25) is 4.57 Å². The van der Waals surface area contributed by atoms with Crippen LogP contribution in [0.2, 0.25) is 0 Å². The number of fused-ring (bicyclic) bond motifs is 3. The number of anilines is 3. The molecule has 0 N–H and O–H groups in total. The zero-order valence-electron chi connectivity index (χ0n) is 29.4. The van der Waals surface area contributed by atoms with Crippen LogP contribution in [0.5, 0.6) is 0 Å². The first-order valence-electron chi connectivity index (χ1n) is 17.7. The van der Waals surface area contributed by atoms with Crippen molar-refractivity contribution in [2.24, 2.45) is 0 Å². The number of hydrogen-bond donors (Lipinski definition) is 0. The maximum atomic E-state index is 4.81. The Kier molecular flexibility index (Phi) is 7.74. The molecule has 52 heavy (non-hydrogen) atoms. The first-order valence-corrected chi connectivity index (χ1v) is 17.7. The van der Waals surface area contributed by atoms with Gasteiger partial charge in [0.05, 0.1) is 16.7 Å². The maximum Gasteiger partial charge on any atom is 0.168 e. The van der Waals surface area contributed by atoms with Crippen molar-refractivity contribution in [1.29, 1.82) is 0 Å². The lowest BCUT2D eigenvalue weighted by Crippen LogP contribution is -2.10. The third-order valence-corrected chi connectivity index (χ3v) is 9.90. The molecule has 0 bridgehead atoms. The highest BCUT2D eigenvalue weighted by Gasteiger charge is 2.21. The van der Waals surface area contributed by atoms with E-state index < -0.39 is 0 Å². The lowest BCUT2D eigenvalue weighted by molar-refractivity contribution is 1.03. The van der Waals surface area contributed by atoms with Gasteiger partial charge in [-0.1, -0.05) is 103 Å². The molecule has 2 aromatic heterocycles. The molecule has 7 aromatic carbocycles. The number of rotatable bonds is 7. The van der Waals surface area contributed by atoms with Gasteiger partial charge >= 0.3 is 0 Å². The summed E-state index contributed by atoms with van der Waals surface area (Å²) in [4.78, 5) is 2.30. The van der Waals surface area contributed by atoms with Gasteiger partial charge in [0.15, 0.2) is 11.6 Å². The van der Waals surface area contributed by atoms with Crippen LogP contribution in [-0.4, -0.2) is 19.3 Å². The molecule has 5 heteroatoms. The Bertz CT molecular complexity index is 2610. The second-order valence-corrected chi connectivity index (χ2v) is 13.4. The van der Waals surface area contributed by atoms with Crippen LogP contribution in [0.25, 0.3) is 56.0 Å². The third-order valence-electron chi connectivity index (χ3n) is 9.90. The lowest BCUT2D eigenvalue weighted by atomic mass is 10.0. The Morgan fingerprint density at radius 1 is 0.423 bits per heavy atom. The Labute approximate surface area is 303 Å². The standard InChI is InChI=1S/C47H37N5/c1-32-30-33(2)45(34(3)31-32)52-46(35-14-6-4-7-15-35)48-49-47(52)36-22-24-38(25-23-36)50(37-16-8-5-9-17-37)39-26-28-40(29-27-39)51-43-20-12-10-18-41(43)42-19-11-13-21-44(42)51/h4-31H,1-3H3. The zero-order chi connectivity index (χ0) is 35.2. The minimum absolute atomic E-state index is 0.808. The summed E-state index contributed by atoms with van der Waals surface area (Å²) in [6.07, 6.45) is 0. The van der Waals surface area contributed by atoms with Crippen LogP contribution in [0.4, 0.5) is 17.1 Å². The normalized spacial score (nSPS) is 11.4. The van der Waals surface area contributed by atoms with E-state index in [9.17, 15) is 0 Å². The van der Waals surface area contributed by atoms with Gasteiger partial charge in [0.25, 0.3) is 0 Å². The molecule has 2 heterocycles. The number of nitrogens with zero attached hydrogens (tertiary/aromatic N) is 5. The van der Waals surface area contributed by atoms with Crippen LogP contribution in [0.3, 0.4) is 0 Å². The number of benzene rings is 7. The highest BCUT2D eigenvalue weighted by molar-refractivity contribution is 6.09. The molecule has 5 nitrogen and oxygen atoms in total. The van der Waals surface area contributed by atoms with Gasteiger partial charge in [-0.25, -0.2) is 0 Å². The Morgan fingerprint density at radius 3 is 1.42 bits per heavy atom. The van der Waals surface area contributed by atoms with E-state index in [1.807, 2.05) is 18.2 Å². The van der Waals surface area contributed by atoms with Gasteiger partial charge in [-0.2, -0.15) is 0 Å². The predicted molar refractivity (Wildman–Crippen MR) is 215 cm³/mol. The molecule has 0 aliphatic rings. The largest absolute Gasteiger partial charge is 0.311 e. The van der Waals surface area contributed by atoms with Gasteiger partial charge < -0.3 is 9.47 Å². The van der Waals surface area contributed by atoms with E-state index >= 15 is 0 Å². The fourth-order valence-corrected chi connectivity index (χ4v) is 7.72. The average molecular weight is 672 g/mol. The fourth-order valence-electron chi connectivity index (χ4n) is 7.72. The molecule has 9 rings (SSSR count). The molecular weight excluding hydrogens is 635 g/mol. The van der Waals surface area contributed by atoms with E-state index in [1.165, 1.54) is 38.5 Å². The van der Waals surface area contributed by atoms with Crippen molar-refractivity contribution in [1.82, 2.24) is 19.3 Å². The van der Waals surface area contributed by atoms with Crippen molar-refractivity contribution in [3.8, 4) is 34.2 Å². The topological polar surface area (TPSA) is 38.9 Å². The molecule has 0 aliphatic carbocycles. The monoisotopic (exact) mass is 671 g/mol. The minimum atomic E-state index is 0.808. The van der Waals surface area contributed by atoms with Gasteiger partial charge in [0.2, 0.25) is 0 Å². The summed E-state index contributed by atoms with van der Waals surface area (Å²) in [5.74, 6) is 1.63. The summed E-state index contributed by atoms with van der Waals surface area (Å²) in [6, 6.07) is 60.1. The summed E-state index contributed by atoms with van der Waals surface area (Å²) in [5, 5.41) is 12.1. The van der Waals surface area contributed by atoms with Crippen molar-refractivity contribution >= 4 is 38.9 Å². The fraction of sp³-hybridized carbons (Fsp3) is 0.0638. The van der Waals surface area contributed by atoms with Gasteiger partial charge in [0.1, 0.15) is 0 Å². The Hall–Kier alpha value is -6.72. The smallest absolute Gasteiger partial charge is 0.168 e. The minimum Gasteiger partial charge on any atom is -0.311 e. The third kappa shape index (κ3) is 5.35. The van der Waals surface area contributed by atoms with Crippen molar-refractivity contribution in [2.75, 3.05) is 4.90 Å². The van der Waals surface area contributed by atoms with Crippen LogP contribution in [-0.2, 0) is 0 Å². The summed E-state index contributed by atoms with van der Waals surface area (Å²) in [7, 11) is 0. The van der Waals surface area contributed by atoms with Gasteiger partial charge in [-0.15, -0.1) is 10.2 Å². The summed E-state index contributed by atoms with van der Waals surface area (Å²) in [5.41, 5.74) is 13.5. The van der Waals surface area contributed by atoms with Crippen LogP contribution in [0.15, 0.2) is 170 Å². The average Bonchev–Trinajstić information content (AvgIpc) is 3.76. The summed E-state index contributed by atoms with van der Waals surface area (Å²) >= 11 is 0. The van der Waals surface area contributed by atoms with Crippen LogP contribution in [0, 0.1) is 20.8 Å². The molecule has 0 saturated heterocycles. The molecule has 0 atom stereocenters. The van der Waals surface area contributed by atoms with Crippen LogP contribution < -0.4 is 4.90 Å². The molecule has 0 saturated carbocycles. The second-order valence-electron chi connectivity index (χ2n) is 13.4. The van der Waals surface area contributed by atoms with Gasteiger partial charge in [-0.05, 0) is 105 Å². The highest BCUT2D eigenvalue weighted by atomic mass is 15.3. The summed E-state index contributed by atoms with van der Waals surface area (Å²) in [6.45, 7) is 6.48. The molecule has 0 unspecified atom stereocenters. The molecule has 0 spiro atoms. The van der Waals surface area contributed by atoms with Crippen molar-refractivity contribution in [3.05, 3.63) is 187 Å². The van der Waals surface area contributed by atoms with Crippen molar-refractivity contribution in [2.45, 2.75) is 20.8 Å². The summed E-state index contributed by atoms with van der Waals surface area (Å²) < 4.78 is 4.57. The number of hydrogen-bond acceptors (Lipinski definition) is 3. The van der Waals surface area contributed by atoms with Crippen LogP contribution >= 0.6 is 0 Å². The first-order chi connectivity index (χ1) is 25.5. The quantitative estimate of drug-likeness (QED) is 0.169. The number of aromatic nitrogens is 4. The molecule has 0 radical (unpaired) electrons. The van der Waals surface area contributed by atoms with Crippen LogP contribution in [0.1, 0.15) is 16.7 Å². The lowest BCUT2D eigenvalue weighted by Gasteiger charge is -2.26. The Morgan fingerprint density at radius 2 is 0.865 bits per heavy atom. The van der Waals surface area contributed by atoms with Crippen molar-refractivity contribution in [3.63, 3.8) is 0 Å². The SMILES string of the molecule is Cc1cc(C)c(-n2c(-c3ccccc3)nnc2-c2ccc(N(c3ccccc3)c3ccc(-n4c5ccccc5c5ccccc54)cc3)cc2)c(C)c1. The molecular formula is C47H37N5. The predicted octanol–water partition coefficient (Wildman–Crippen LogP) is 12.1. The molecule has 0 aliphatic heterocycles. The van der Waals surface area contributed by atoms with E-state index in [4.69, 9.17) is 10.2 Å². The second kappa shape index (κ2) is 12.9. The Balaban J connectivity index is 1.13. The zero-order valence-corrected chi connectivity index (χ0v) is 29.4. The molecule has 0 fully saturated rings. The van der Waals surface area contributed by atoms with E-state index in [0.29, 0.717) is 0 Å². The maximum absolute atomic E-state index is 4.81.